The van der Waals surface area contributed by atoms with Gasteiger partial charge in [-0.25, -0.2) is 4.79 Å². The van der Waals surface area contributed by atoms with E-state index in [9.17, 15) is 13.2 Å². The number of rotatable bonds is 7. The van der Waals surface area contributed by atoms with Crippen molar-refractivity contribution < 1.29 is 22.6 Å². The maximum absolute atomic E-state index is 11.1. The first kappa shape index (κ1) is 15.1. The Morgan fingerprint density at radius 2 is 2.06 bits per heavy atom. The molecule has 16 heavy (non-hydrogen) atoms. The molecule has 0 aliphatic carbocycles. The van der Waals surface area contributed by atoms with Gasteiger partial charge in [0.05, 0.1) is 5.75 Å². The lowest BCUT2D eigenvalue weighted by Crippen LogP contribution is -2.29. The van der Waals surface area contributed by atoms with Crippen LogP contribution in [0.5, 0.6) is 0 Å². The summed E-state index contributed by atoms with van der Waals surface area (Å²) in [5.74, 6) is -0.901. The average molecular weight is 251 g/mol. The second kappa shape index (κ2) is 6.62. The monoisotopic (exact) mass is 251 g/mol. The molecule has 0 amide bonds. The predicted molar refractivity (Wildman–Crippen MR) is 59.2 cm³/mol. The van der Waals surface area contributed by atoms with E-state index in [1.165, 1.54) is 12.0 Å². The average Bonchev–Trinajstić information content (AvgIpc) is 2.13. The van der Waals surface area contributed by atoms with Gasteiger partial charge in [-0.1, -0.05) is 6.58 Å². The zero-order valence-electron chi connectivity index (χ0n) is 9.47. The highest BCUT2D eigenvalue weighted by atomic mass is 32.2. The van der Waals surface area contributed by atoms with Gasteiger partial charge in [-0.2, -0.15) is 8.42 Å². The third kappa shape index (κ3) is 7.38. The van der Waals surface area contributed by atoms with Crippen LogP contribution >= 0.6 is 0 Å². The first-order valence-electron chi connectivity index (χ1n) is 4.84. The van der Waals surface area contributed by atoms with Crippen LogP contribution in [0.25, 0.3) is 0 Å². The molecule has 0 saturated heterocycles. The van der Waals surface area contributed by atoms with Crippen LogP contribution in [-0.4, -0.2) is 42.8 Å². The molecule has 6 nitrogen and oxygen atoms in total. The number of hydroxylamine groups is 2. The molecule has 0 saturated carbocycles. The summed E-state index contributed by atoms with van der Waals surface area (Å²) < 4.78 is 29.4. The summed E-state index contributed by atoms with van der Waals surface area (Å²) in [7, 11) is -3.96. The van der Waals surface area contributed by atoms with Gasteiger partial charge in [-0.3, -0.25) is 4.55 Å². The van der Waals surface area contributed by atoms with Crippen LogP contribution in [0.2, 0.25) is 0 Å². The molecule has 7 heteroatoms. The minimum absolute atomic E-state index is 0.191. The highest BCUT2D eigenvalue weighted by molar-refractivity contribution is 7.85. The summed E-state index contributed by atoms with van der Waals surface area (Å²) in [6, 6.07) is 0. The van der Waals surface area contributed by atoms with Crippen molar-refractivity contribution in [2.45, 2.75) is 20.3 Å². The lowest BCUT2D eigenvalue weighted by atomic mass is 10.4. The maximum Gasteiger partial charge on any atom is 0.352 e. The van der Waals surface area contributed by atoms with E-state index in [2.05, 4.69) is 6.58 Å². The maximum atomic E-state index is 11.1. The Hall–Kier alpha value is -0.920. The molecule has 1 N–H and O–H groups in total. The Labute approximate surface area is 95.6 Å². The van der Waals surface area contributed by atoms with E-state index >= 15 is 0 Å². The lowest BCUT2D eigenvalue weighted by molar-refractivity contribution is -0.184. The van der Waals surface area contributed by atoms with Crippen LogP contribution in [0.3, 0.4) is 0 Å². The van der Waals surface area contributed by atoms with Crippen molar-refractivity contribution in [1.82, 2.24) is 5.06 Å². The molecule has 0 fully saturated rings. The van der Waals surface area contributed by atoms with E-state index in [-0.39, 0.29) is 24.3 Å². The van der Waals surface area contributed by atoms with E-state index in [0.717, 1.165) is 0 Å². The summed E-state index contributed by atoms with van der Waals surface area (Å²) >= 11 is 0. The fourth-order valence-electron chi connectivity index (χ4n) is 0.887. The van der Waals surface area contributed by atoms with E-state index in [1.807, 2.05) is 0 Å². The summed E-state index contributed by atoms with van der Waals surface area (Å²) in [6.45, 7) is 7.39. The Morgan fingerprint density at radius 3 is 2.44 bits per heavy atom. The Morgan fingerprint density at radius 1 is 1.50 bits per heavy atom. The normalized spacial score (nSPS) is 11.5. The highest BCUT2D eigenvalue weighted by Gasteiger charge is 2.12. The van der Waals surface area contributed by atoms with Crippen molar-refractivity contribution in [3.8, 4) is 0 Å². The summed E-state index contributed by atoms with van der Waals surface area (Å²) in [5.41, 5.74) is 0.272. The van der Waals surface area contributed by atoms with Crippen molar-refractivity contribution in [3.63, 3.8) is 0 Å². The first-order chi connectivity index (χ1) is 7.26. The van der Waals surface area contributed by atoms with Gasteiger partial charge >= 0.3 is 5.97 Å². The minimum Gasteiger partial charge on any atom is -0.364 e. The van der Waals surface area contributed by atoms with Crippen molar-refractivity contribution in [2.24, 2.45) is 0 Å². The Balaban J connectivity index is 4.02. The molecule has 0 atom stereocenters. The molecule has 0 bridgehead atoms. The van der Waals surface area contributed by atoms with Crippen molar-refractivity contribution >= 4 is 16.1 Å². The van der Waals surface area contributed by atoms with Gasteiger partial charge in [-0.05, 0) is 20.3 Å². The van der Waals surface area contributed by atoms with Gasteiger partial charge in [0.1, 0.15) is 0 Å². The van der Waals surface area contributed by atoms with E-state index in [1.54, 1.807) is 6.92 Å². The van der Waals surface area contributed by atoms with E-state index in [0.29, 0.717) is 6.54 Å². The molecule has 0 radical (unpaired) electrons. The van der Waals surface area contributed by atoms with Crippen molar-refractivity contribution in [2.75, 3.05) is 18.8 Å². The molecule has 0 aromatic heterocycles. The van der Waals surface area contributed by atoms with Crippen LogP contribution < -0.4 is 0 Å². The highest BCUT2D eigenvalue weighted by Crippen LogP contribution is 2.00. The van der Waals surface area contributed by atoms with Gasteiger partial charge in [0.2, 0.25) is 0 Å². The Kier molecular flexibility index (Phi) is 6.24. The molecular weight excluding hydrogens is 234 g/mol. The fraction of sp³-hybridized carbons (Fsp3) is 0.667. The first-order valence-corrected chi connectivity index (χ1v) is 6.45. The van der Waals surface area contributed by atoms with Crippen LogP contribution in [0, 0.1) is 0 Å². The molecule has 0 aliphatic heterocycles. The van der Waals surface area contributed by atoms with E-state index in [4.69, 9.17) is 9.39 Å². The van der Waals surface area contributed by atoms with Crippen LogP contribution in [-0.2, 0) is 19.8 Å². The molecule has 0 rings (SSSR count). The fourth-order valence-corrected chi connectivity index (χ4v) is 1.38. The second-order valence-electron chi connectivity index (χ2n) is 3.32. The minimum atomic E-state index is -3.96. The summed E-state index contributed by atoms with van der Waals surface area (Å²) in [5, 5.41) is 1.32. The summed E-state index contributed by atoms with van der Waals surface area (Å²) in [6.07, 6.45) is 0.191. The second-order valence-corrected chi connectivity index (χ2v) is 4.89. The number of nitrogens with zero attached hydrogens (tertiary/aromatic N) is 1. The van der Waals surface area contributed by atoms with Crippen molar-refractivity contribution in [3.05, 3.63) is 12.2 Å². The summed E-state index contributed by atoms with van der Waals surface area (Å²) in [4.78, 5) is 16.0. The topological polar surface area (TPSA) is 83.9 Å². The van der Waals surface area contributed by atoms with Crippen LogP contribution in [0.15, 0.2) is 12.2 Å². The quantitative estimate of drug-likeness (QED) is 0.405. The van der Waals surface area contributed by atoms with Gasteiger partial charge < -0.3 is 4.84 Å². The molecule has 0 aromatic carbocycles. The molecular formula is C9H17NO5S. The van der Waals surface area contributed by atoms with Crippen LogP contribution in [0.1, 0.15) is 20.3 Å². The SMILES string of the molecule is C=C(C)C(=O)ON(CC)CCCS(=O)(=O)O. The predicted octanol–water partition coefficient (Wildman–Crippen LogP) is 0.621. The third-order valence-corrected chi connectivity index (χ3v) is 2.53. The molecule has 0 aromatic rings. The van der Waals surface area contributed by atoms with E-state index < -0.39 is 16.1 Å². The van der Waals surface area contributed by atoms with Crippen molar-refractivity contribution in [1.29, 1.82) is 0 Å². The largest absolute Gasteiger partial charge is 0.364 e. The standard InChI is InChI=1S/C9H17NO5S/c1-4-10(15-9(11)8(2)3)6-5-7-16(12,13)14/h2,4-7H2,1,3H3,(H,12,13,14). The van der Waals surface area contributed by atoms with Gasteiger partial charge in [-0.15, -0.1) is 5.06 Å². The Bertz CT molecular complexity index is 349. The smallest absolute Gasteiger partial charge is 0.352 e. The number of carbonyl (C=O) groups is 1. The molecule has 0 spiro atoms. The van der Waals surface area contributed by atoms with Gasteiger partial charge in [0.25, 0.3) is 10.1 Å². The van der Waals surface area contributed by atoms with Crippen LogP contribution in [0.4, 0.5) is 0 Å². The zero-order valence-corrected chi connectivity index (χ0v) is 10.3. The van der Waals surface area contributed by atoms with Gasteiger partial charge in [0, 0.05) is 18.7 Å². The third-order valence-electron chi connectivity index (χ3n) is 1.72. The molecule has 94 valence electrons. The zero-order chi connectivity index (χ0) is 12.8. The molecule has 0 aliphatic rings. The molecule has 0 unspecified atom stereocenters. The number of hydrogen-bond donors (Lipinski definition) is 1. The molecule has 0 heterocycles. The number of carbonyl (C=O) groups excluding carboxylic acids is 1. The number of hydrogen-bond acceptors (Lipinski definition) is 5. The lowest BCUT2D eigenvalue weighted by Gasteiger charge is -2.18. The van der Waals surface area contributed by atoms with Gasteiger partial charge in [0.15, 0.2) is 0 Å².